The molecule has 4 nitrogen and oxygen atoms in total. The Labute approximate surface area is 106 Å². The van der Waals surface area contributed by atoms with E-state index in [0.29, 0.717) is 0 Å². The standard InChI is InChI=1S/C14H15NO3/c1-3-7-12-13(11-8-5-4-6-9-11)15-14(18-12)17-10(2)16/h4-6,8-9H,3,7H2,1-2H3. The molecule has 0 amide bonds. The van der Waals surface area contributed by atoms with Gasteiger partial charge in [-0.15, -0.1) is 0 Å². The van der Waals surface area contributed by atoms with Crippen LogP contribution in [0.1, 0.15) is 26.0 Å². The molecule has 2 aromatic rings. The number of ether oxygens (including phenoxy) is 1. The first-order chi connectivity index (χ1) is 8.70. The number of benzene rings is 1. The second kappa shape index (κ2) is 5.49. The number of carbonyl (C=O) groups is 1. The molecule has 94 valence electrons. The highest BCUT2D eigenvalue weighted by Gasteiger charge is 2.16. The number of nitrogens with zero attached hydrogens (tertiary/aromatic N) is 1. The van der Waals surface area contributed by atoms with Gasteiger partial charge in [0.2, 0.25) is 0 Å². The van der Waals surface area contributed by atoms with E-state index in [2.05, 4.69) is 11.9 Å². The van der Waals surface area contributed by atoms with Crippen molar-refractivity contribution in [2.24, 2.45) is 0 Å². The molecule has 0 aliphatic rings. The quantitative estimate of drug-likeness (QED) is 0.776. The third-order valence-electron chi connectivity index (χ3n) is 2.43. The zero-order valence-corrected chi connectivity index (χ0v) is 10.5. The highest BCUT2D eigenvalue weighted by atomic mass is 16.6. The molecule has 1 heterocycles. The van der Waals surface area contributed by atoms with Crippen LogP contribution >= 0.6 is 0 Å². The van der Waals surface area contributed by atoms with Gasteiger partial charge in [-0.1, -0.05) is 37.3 Å². The van der Waals surface area contributed by atoms with Crippen molar-refractivity contribution >= 4 is 5.97 Å². The van der Waals surface area contributed by atoms with Crippen molar-refractivity contribution in [3.8, 4) is 17.3 Å². The Morgan fingerprint density at radius 1 is 1.33 bits per heavy atom. The van der Waals surface area contributed by atoms with Crippen molar-refractivity contribution in [2.45, 2.75) is 26.7 Å². The smallest absolute Gasteiger partial charge is 0.402 e. The summed E-state index contributed by atoms with van der Waals surface area (Å²) in [4.78, 5) is 15.1. The average Bonchev–Trinajstić information content (AvgIpc) is 2.73. The van der Waals surface area contributed by atoms with Gasteiger partial charge in [0, 0.05) is 18.9 Å². The lowest BCUT2D eigenvalue weighted by Crippen LogP contribution is -2.01. The van der Waals surface area contributed by atoms with Crippen molar-refractivity contribution < 1.29 is 13.9 Å². The minimum absolute atomic E-state index is 0.0183. The second-order valence-corrected chi connectivity index (χ2v) is 3.96. The molecule has 0 spiro atoms. The van der Waals surface area contributed by atoms with Gasteiger partial charge in [0.25, 0.3) is 0 Å². The first kappa shape index (κ1) is 12.4. The summed E-state index contributed by atoms with van der Waals surface area (Å²) in [6.45, 7) is 3.38. The van der Waals surface area contributed by atoms with E-state index in [1.807, 2.05) is 30.3 Å². The minimum Gasteiger partial charge on any atom is -0.413 e. The SMILES string of the molecule is CCCc1oc(OC(C)=O)nc1-c1ccccc1. The van der Waals surface area contributed by atoms with Crippen molar-refractivity contribution in [2.75, 3.05) is 0 Å². The zero-order valence-electron chi connectivity index (χ0n) is 10.5. The first-order valence-corrected chi connectivity index (χ1v) is 5.94. The van der Waals surface area contributed by atoms with Gasteiger partial charge >= 0.3 is 12.0 Å². The van der Waals surface area contributed by atoms with Crippen molar-refractivity contribution in [3.05, 3.63) is 36.1 Å². The van der Waals surface area contributed by atoms with Crippen molar-refractivity contribution in [1.82, 2.24) is 4.98 Å². The van der Waals surface area contributed by atoms with Crippen LogP contribution in [0.2, 0.25) is 0 Å². The zero-order chi connectivity index (χ0) is 13.0. The molecule has 0 aliphatic carbocycles. The van der Waals surface area contributed by atoms with Gasteiger partial charge in [0.15, 0.2) is 0 Å². The average molecular weight is 245 g/mol. The number of hydrogen-bond acceptors (Lipinski definition) is 4. The Bertz CT molecular complexity index is 531. The van der Waals surface area contributed by atoms with E-state index in [4.69, 9.17) is 9.15 Å². The molecule has 0 unspecified atom stereocenters. The summed E-state index contributed by atoms with van der Waals surface area (Å²) in [5.74, 6) is 0.318. The summed E-state index contributed by atoms with van der Waals surface area (Å²) in [6, 6.07) is 9.72. The molecule has 0 aliphatic heterocycles. The summed E-state index contributed by atoms with van der Waals surface area (Å²) in [5.41, 5.74) is 1.71. The lowest BCUT2D eigenvalue weighted by Gasteiger charge is -1.98. The van der Waals surface area contributed by atoms with Crippen molar-refractivity contribution in [1.29, 1.82) is 0 Å². The number of hydrogen-bond donors (Lipinski definition) is 0. The number of carbonyl (C=O) groups excluding carboxylic acids is 1. The molecule has 0 fully saturated rings. The van der Waals surface area contributed by atoms with Gasteiger partial charge in [0.05, 0.1) is 0 Å². The molecule has 0 bridgehead atoms. The number of aryl methyl sites for hydroxylation is 1. The summed E-state index contributed by atoms with van der Waals surface area (Å²) in [5, 5.41) is 0. The third-order valence-corrected chi connectivity index (χ3v) is 2.43. The molecule has 0 atom stereocenters. The van der Waals surface area contributed by atoms with Crippen LogP contribution in [-0.2, 0) is 11.2 Å². The molecule has 1 aromatic carbocycles. The number of esters is 1. The molecule has 2 rings (SSSR count). The number of rotatable bonds is 4. The number of oxazole rings is 1. The van der Waals surface area contributed by atoms with Crippen LogP contribution in [0.5, 0.6) is 6.08 Å². The van der Waals surface area contributed by atoms with E-state index in [9.17, 15) is 4.79 Å². The molecule has 18 heavy (non-hydrogen) atoms. The van der Waals surface area contributed by atoms with E-state index in [1.165, 1.54) is 6.92 Å². The lowest BCUT2D eigenvalue weighted by molar-refractivity contribution is -0.133. The molecular formula is C14H15NO3. The minimum atomic E-state index is -0.432. The molecular weight excluding hydrogens is 230 g/mol. The normalized spacial score (nSPS) is 10.3. The highest BCUT2D eigenvalue weighted by Crippen LogP contribution is 2.28. The van der Waals surface area contributed by atoms with Gasteiger partial charge in [-0.05, 0) is 6.42 Å². The van der Waals surface area contributed by atoms with Crippen LogP contribution in [0.25, 0.3) is 11.3 Å². The monoisotopic (exact) mass is 245 g/mol. The predicted octanol–water partition coefficient (Wildman–Crippen LogP) is 3.22. The molecule has 0 saturated carbocycles. The molecule has 0 N–H and O–H groups in total. The number of aromatic nitrogens is 1. The maximum absolute atomic E-state index is 10.9. The van der Waals surface area contributed by atoms with Gasteiger partial charge < -0.3 is 9.15 Å². The largest absolute Gasteiger partial charge is 0.413 e. The van der Waals surface area contributed by atoms with Gasteiger partial charge in [-0.2, -0.15) is 4.98 Å². The van der Waals surface area contributed by atoms with Crippen LogP contribution in [0.15, 0.2) is 34.7 Å². The highest BCUT2D eigenvalue weighted by molar-refractivity contribution is 5.69. The predicted molar refractivity (Wildman–Crippen MR) is 67.2 cm³/mol. The molecule has 1 aromatic heterocycles. The molecule has 0 radical (unpaired) electrons. The molecule has 4 heteroatoms. The third kappa shape index (κ3) is 2.77. The Morgan fingerprint density at radius 3 is 2.67 bits per heavy atom. The van der Waals surface area contributed by atoms with Crippen molar-refractivity contribution in [3.63, 3.8) is 0 Å². The fourth-order valence-corrected chi connectivity index (χ4v) is 1.71. The molecule has 0 saturated heterocycles. The Balaban J connectivity index is 2.38. The summed E-state index contributed by atoms with van der Waals surface area (Å²) >= 11 is 0. The maximum Gasteiger partial charge on any atom is 0.402 e. The van der Waals surface area contributed by atoms with Gasteiger partial charge in [-0.25, -0.2) is 0 Å². The van der Waals surface area contributed by atoms with E-state index in [0.717, 1.165) is 29.9 Å². The maximum atomic E-state index is 10.9. The topological polar surface area (TPSA) is 52.3 Å². The fourth-order valence-electron chi connectivity index (χ4n) is 1.71. The fraction of sp³-hybridized carbons (Fsp3) is 0.286. The van der Waals surface area contributed by atoms with E-state index in [-0.39, 0.29) is 6.08 Å². The van der Waals surface area contributed by atoms with Gasteiger partial charge in [-0.3, -0.25) is 4.79 Å². The van der Waals surface area contributed by atoms with Crippen LogP contribution in [0, 0.1) is 0 Å². The summed E-state index contributed by atoms with van der Waals surface area (Å²) in [7, 11) is 0. The summed E-state index contributed by atoms with van der Waals surface area (Å²) < 4.78 is 10.4. The van der Waals surface area contributed by atoms with E-state index < -0.39 is 5.97 Å². The van der Waals surface area contributed by atoms with E-state index >= 15 is 0 Å². The van der Waals surface area contributed by atoms with Crippen LogP contribution in [-0.4, -0.2) is 11.0 Å². The van der Waals surface area contributed by atoms with E-state index in [1.54, 1.807) is 0 Å². The summed E-state index contributed by atoms with van der Waals surface area (Å²) in [6.07, 6.45) is 1.72. The Morgan fingerprint density at radius 2 is 2.06 bits per heavy atom. The second-order valence-electron chi connectivity index (χ2n) is 3.96. The Kier molecular flexibility index (Phi) is 3.77. The van der Waals surface area contributed by atoms with Crippen LogP contribution in [0.4, 0.5) is 0 Å². The van der Waals surface area contributed by atoms with Gasteiger partial charge in [0.1, 0.15) is 11.5 Å². The Hall–Kier alpha value is -2.10. The van der Waals surface area contributed by atoms with Crippen LogP contribution < -0.4 is 4.74 Å². The lowest BCUT2D eigenvalue weighted by atomic mass is 10.1. The van der Waals surface area contributed by atoms with Crippen LogP contribution in [0.3, 0.4) is 0 Å². The first-order valence-electron chi connectivity index (χ1n) is 5.94.